The molecule has 6 heteroatoms. The third-order valence-electron chi connectivity index (χ3n) is 3.23. The fraction of sp³-hybridized carbons (Fsp3) is 0.462. The molecule has 0 bridgehead atoms. The van der Waals surface area contributed by atoms with Crippen LogP contribution in [0.25, 0.3) is 0 Å². The molecule has 1 unspecified atom stereocenters. The molecule has 0 heterocycles. The zero-order valence-electron chi connectivity index (χ0n) is 11.4. The number of nitrogens with two attached hydrogens (primary N) is 1. The van der Waals surface area contributed by atoms with Crippen LogP contribution in [-0.2, 0) is 6.42 Å². The number of hydrogen-bond acceptors (Lipinski definition) is 4. The number of nitro groups is 1. The lowest BCUT2D eigenvalue weighted by molar-refractivity contribution is -0.385. The molecule has 0 spiro atoms. The predicted octanol–water partition coefficient (Wildman–Crippen LogP) is 1.58. The summed E-state index contributed by atoms with van der Waals surface area (Å²) in [6, 6.07) is 4.47. The number of nitro benzene ring substituents is 1. The Balaban J connectivity index is 3.12. The molecule has 0 saturated carbocycles. The summed E-state index contributed by atoms with van der Waals surface area (Å²) < 4.78 is 0. The minimum Gasteiger partial charge on any atom is -0.338 e. The highest BCUT2D eigenvalue weighted by molar-refractivity contribution is 5.95. The second kappa shape index (κ2) is 6.29. The van der Waals surface area contributed by atoms with Crippen molar-refractivity contribution in [1.82, 2.24) is 4.90 Å². The van der Waals surface area contributed by atoms with E-state index >= 15 is 0 Å². The van der Waals surface area contributed by atoms with Gasteiger partial charge in [-0.1, -0.05) is 13.0 Å². The summed E-state index contributed by atoms with van der Waals surface area (Å²) in [5.74, 6) is -0.260. The van der Waals surface area contributed by atoms with Crippen molar-refractivity contribution in [3.8, 4) is 0 Å². The SMILES string of the molecule is CCc1ccc(C(=O)N(C)C(C)CN)cc1[N+](=O)[O-]. The minimum absolute atomic E-state index is 0.0119. The van der Waals surface area contributed by atoms with Gasteiger partial charge in [0.25, 0.3) is 11.6 Å². The zero-order chi connectivity index (χ0) is 14.6. The molecule has 6 nitrogen and oxygen atoms in total. The van der Waals surface area contributed by atoms with Crippen LogP contribution < -0.4 is 5.73 Å². The van der Waals surface area contributed by atoms with Crippen LogP contribution >= 0.6 is 0 Å². The van der Waals surface area contributed by atoms with Crippen molar-refractivity contribution in [2.75, 3.05) is 13.6 Å². The lowest BCUT2D eigenvalue weighted by atomic mass is 10.1. The van der Waals surface area contributed by atoms with E-state index in [9.17, 15) is 14.9 Å². The topological polar surface area (TPSA) is 89.5 Å². The van der Waals surface area contributed by atoms with E-state index in [0.29, 0.717) is 24.1 Å². The lowest BCUT2D eigenvalue weighted by Crippen LogP contribution is -2.39. The second-order valence-electron chi connectivity index (χ2n) is 4.45. The summed E-state index contributed by atoms with van der Waals surface area (Å²) in [5.41, 5.74) is 6.43. The normalized spacial score (nSPS) is 12.0. The first kappa shape index (κ1) is 15.1. The van der Waals surface area contributed by atoms with E-state index in [-0.39, 0.29) is 17.6 Å². The van der Waals surface area contributed by atoms with Gasteiger partial charge in [-0.2, -0.15) is 0 Å². The van der Waals surface area contributed by atoms with Crippen molar-refractivity contribution < 1.29 is 9.72 Å². The lowest BCUT2D eigenvalue weighted by Gasteiger charge is -2.23. The maximum absolute atomic E-state index is 12.2. The van der Waals surface area contributed by atoms with E-state index in [1.54, 1.807) is 19.2 Å². The molecular weight excluding hydrogens is 246 g/mol. The maximum atomic E-state index is 12.2. The van der Waals surface area contributed by atoms with Gasteiger partial charge in [0.05, 0.1) is 4.92 Å². The van der Waals surface area contributed by atoms with Crippen molar-refractivity contribution in [3.05, 3.63) is 39.4 Å². The Kier molecular flexibility index (Phi) is 5.00. The first-order chi connectivity index (χ1) is 8.92. The number of likely N-dealkylation sites (N-methyl/N-ethyl adjacent to an activating group) is 1. The fourth-order valence-corrected chi connectivity index (χ4v) is 1.73. The van der Waals surface area contributed by atoms with Crippen molar-refractivity contribution in [2.24, 2.45) is 5.73 Å². The molecule has 19 heavy (non-hydrogen) atoms. The van der Waals surface area contributed by atoms with E-state index in [1.807, 2.05) is 13.8 Å². The molecule has 1 aromatic carbocycles. The van der Waals surface area contributed by atoms with E-state index in [2.05, 4.69) is 0 Å². The number of nitrogens with zero attached hydrogens (tertiary/aromatic N) is 2. The minimum atomic E-state index is -0.456. The van der Waals surface area contributed by atoms with Crippen LogP contribution in [0.15, 0.2) is 18.2 Å². The number of amides is 1. The molecule has 0 fully saturated rings. The number of aryl methyl sites for hydroxylation is 1. The predicted molar refractivity (Wildman–Crippen MR) is 73.1 cm³/mol. The number of hydrogen-bond donors (Lipinski definition) is 1. The van der Waals surface area contributed by atoms with Crippen molar-refractivity contribution >= 4 is 11.6 Å². The highest BCUT2D eigenvalue weighted by atomic mass is 16.6. The molecule has 0 aromatic heterocycles. The molecule has 0 radical (unpaired) electrons. The van der Waals surface area contributed by atoms with Gasteiger partial charge in [0.2, 0.25) is 0 Å². The summed E-state index contributed by atoms with van der Waals surface area (Å²) in [7, 11) is 1.64. The van der Waals surface area contributed by atoms with Gasteiger partial charge >= 0.3 is 0 Å². The van der Waals surface area contributed by atoms with E-state index < -0.39 is 4.92 Å². The van der Waals surface area contributed by atoms with Gasteiger partial charge in [0, 0.05) is 36.8 Å². The maximum Gasteiger partial charge on any atom is 0.273 e. The Bertz CT molecular complexity index is 488. The number of rotatable bonds is 5. The van der Waals surface area contributed by atoms with E-state index in [1.165, 1.54) is 11.0 Å². The van der Waals surface area contributed by atoms with E-state index in [4.69, 9.17) is 5.73 Å². The molecular formula is C13H19N3O3. The van der Waals surface area contributed by atoms with Crippen LogP contribution in [0.1, 0.15) is 29.8 Å². The third kappa shape index (κ3) is 3.29. The molecule has 1 aromatic rings. The summed E-state index contributed by atoms with van der Waals surface area (Å²) in [5, 5.41) is 11.0. The molecule has 1 atom stereocenters. The first-order valence-corrected chi connectivity index (χ1v) is 6.16. The summed E-state index contributed by atoms with van der Waals surface area (Å²) in [6.45, 7) is 4.01. The van der Waals surface area contributed by atoms with Crippen LogP contribution in [0.5, 0.6) is 0 Å². The van der Waals surface area contributed by atoms with Crippen LogP contribution in [0.4, 0.5) is 5.69 Å². The average Bonchev–Trinajstić information content (AvgIpc) is 2.43. The van der Waals surface area contributed by atoms with Crippen molar-refractivity contribution in [1.29, 1.82) is 0 Å². The average molecular weight is 265 g/mol. The Morgan fingerprint density at radius 1 is 1.53 bits per heavy atom. The van der Waals surface area contributed by atoms with Gasteiger partial charge in [-0.05, 0) is 19.4 Å². The fourth-order valence-electron chi connectivity index (χ4n) is 1.73. The summed E-state index contributed by atoms with van der Waals surface area (Å²) in [6.07, 6.45) is 0.555. The summed E-state index contributed by atoms with van der Waals surface area (Å²) in [4.78, 5) is 24.2. The van der Waals surface area contributed by atoms with Gasteiger partial charge in [-0.15, -0.1) is 0 Å². The van der Waals surface area contributed by atoms with Gasteiger partial charge < -0.3 is 10.6 Å². The Labute approximate surface area is 112 Å². The Morgan fingerprint density at radius 3 is 2.63 bits per heavy atom. The Hall–Kier alpha value is -1.95. The van der Waals surface area contributed by atoms with E-state index in [0.717, 1.165) is 0 Å². The van der Waals surface area contributed by atoms with Gasteiger partial charge in [0.15, 0.2) is 0 Å². The Morgan fingerprint density at radius 2 is 2.16 bits per heavy atom. The highest BCUT2D eigenvalue weighted by Crippen LogP contribution is 2.21. The smallest absolute Gasteiger partial charge is 0.273 e. The molecule has 2 N–H and O–H groups in total. The van der Waals surface area contributed by atoms with Gasteiger partial charge in [-0.25, -0.2) is 0 Å². The molecule has 0 saturated heterocycles. The third-order valence-corrected chi connectivity index (χ3v) is 3.23. The molecule has 1 amide bonds. The highest BCUT2D eigenvalue weighted by Gasteiger charge is 2.20. The molecule has 0 aliphatic heterocycles. The quantitative estimate of drug-likeness (QED) is 0.646. The molecule has 0 aliphatic rings. The van der Waals surface area contributed by atoms with Crippen LogP contribution in [0, 0.1) is 10.1 Å². The largest absolute Gasteiger partial charge is 0.338 e. The zero-order valence-corrected chi connectivity index (χ0v) is 11.4. The number of carbonyl (C=O) groups excluding carboxylic acids is 1. The number of benzene rings is 1. The van der Waals surface area contributed by atoms with Crippen LogP contribution in [0.2, 0.25) is 0 Å². The standard InChI is InChI=1S/C13H19N3O3/c1-4-10-5-6-11(7-12(10)16(18)19)13(17)15(3)9(2)8-14/h5-7,9H,4,8,14H2,1-3H3. The summed E-state index contributed by atoms with van der Waals surface area (Å²) >= 11 is 0. The monoisotopic (exact) mass is 265 g/mol. The second-order valence-corrected chi connectivity index (χ2v) is 4.45. The molecule has 104 valence electrons. The van der Waals surface area contributed by atoms with Crippen LogP contribution in [-0.4, -0.2) is 35.4 Å². The number of carbonyl (C=O) groups is 1. The van der Waals surface area contributed by atoms with Crippen molar-refractivity contribution in [3.63, 3.8) is 0 Å². The molecule has 0 aliphatic carbocycles. The van der Waals surface area contributed by atoms with Crippen molar-refractivity contribution in [2.45, 2.75) is 26.3 Å². The van der Waals surface area contributed by atoms with Crippen LogP contribution in [0.3, 0.4) is 0 Å². The van der Waals surface area contributed by atoms with Gasteiger partial charge in [0.1, 0.15) is 0 Å². The van der Waals surface area contributed by atoms with Gasteiger partial charge in [-0.3, -0.25) is 14.9 Å². The first-order valence-electron chi connectivity index (χ1n) is 6.16. The molecule has 1 rings (SSSR count).